The van der Waals surface area contributed by atoms with Crippen molar-refractivity contribution >= 4 is 28.8 Å². The van der Waals surface area contributed by atoms with Gasteiger partial charge >= 0.3 is 0 Å². The molecule has 1 aromatic heterocycles. The van der Waals surface area contributed by atoms with Crippen molar-refractivity contribution in [3.05, 3.63) is 87.9 Å². The maximum Gasteiger partial charge on any atom is 0.224 e. The van der Waals surface area contributed by atoms with Gasteiger partial charge in [0.15, 0.2) is 0 Å². The van der Waals surface area contributed by atoms with Crippen LogP contribution in [0, 0.1) is 5.82 Å². The van der Waals surface area contributed by atoms with Gasteiger partial charge in [-0.1, -0.05) is 30.3 Å². The van der Waals surface area contributed by atoms with Crippen LogP contribution in [0.4, 0.5) is 10.1 Å². The predicted octanol–water partition coefficient (Wildman–Crippen LogP) is 4.78. The number of carbonyl (C=O) groups excluding carboxylic acids is 2. The molecule has 3 aromatic rings. The summed E-state index contributed by atoms with van der Waals surface area (Å²) in [5.41, 5.74) is 2.52. The molecule has 0 saturated carbocycles. The highest BCUT2D eigenvalue weighted by Crippen LogP contribution is 2.38. The van der Waals surface area contributed by atoms with Crippen LogP contribution in [-0.2, 0) is 16.0 Å². The van der Waals surface area contributed by atoms with Crippen LogP contribution < -0.4 is 5.32 Å². The first-order valence-corrected chi connectivity index (χ1v) is 10.5. The molecule has 4 nitrogen and oxygen atoms in total. The molecule has 1 unspecified atom stereocenters. The molecule has 29 heavy (non-hydrogen) atoms. The molecule has 0 bridgehead atoms. The normalized spacial score (nSPS) is 15.6. The highest BCUT2D eigenvalue weighted by Gasteiger charge is 2.32. The Morgan fingerprint density at radius 3 is 2.69 bits per heavy atom. The van der Waals surface area contributed by atoms with Crippen LogP contribution in [0.2, 0.25) is 0 Å². The average Bonchev–Trinajstić information content (AvgIpc) is 3.21. The number of rotatable bonds is 5. The van der Waals surface area contributed by atoms with Crippen LogP contribution in [0.5, 0.6) is 0 Å². The minimum atomic E-state index is -0.320. The summed E-state index contributed by atoms with van der Waals surface area (Å²) in [7, 11) is 0. The lowest BCUT2D eigenvalue weighted by molar-refractivity contribution is -0.134. The second-order valence-corrected chi connectivity index (χ2v) is 8.01. The molecule has 2 aromatic carbocycles. The fraction of sp³-hybridized carbons (Fsp3) is 0.217. The Hall–Kier alpha value is -2.99. The molecular weight excluding hydrogens is 387 g/mol. The van der Waals surface area contributed by atoms with Gasteiger partial charge in [0, 0.05) is 30.0 Å². The number of nitrogens with one attached hydrogen (secondary N) is 1. The lowest BCUT2D eigenvalue weighted by Crippen LogP contribution is -2.40. The van der Waals surface area contributed by atoms with E-state index in [1.807, 2.05) is 47.8 Å². The number of fused-ring (bicyclic) bond motifs is 1. The van der Waals surface area contributed by atoms with Crippen LogP contribution in [0.3, 0.4) is 0 Å². The Morgan fingerprint density at radius 2 is 1.90 bits per heavy atom. The van der Waals surface area contributed by atoms with E-state index in [-0.39, 0.29) is 36.5 Å². The Labute approximate surface area is 173 Å². The summed E-state index contributed by atoms with van der Waals surface area (Å²) in [6.45, 7) is 0.563. The van der Waals surface area contributed by atoms with Gasteiger partial charge in [-0.3, -0.25) is 9.59 Å². The van der Waals surface area contributed by atoms with Gasteiger partial charge in [0.2, 0.25) is 11.8 Å². The Balaban J connectivity index is 1.48. The molecule has 2 amide bonds. The molecular formula is C23H21FN2O2S. The van der Waals surface area contributed by atoms with Crippen LogP contribution in [0.25, 0.3) is 0 Å². The molecule has 0 saturated heterocycles. The fourth-order valence-electron chi connectivity index (χ4n) is 3.73. The lowest BCUT2D eigenvalue weighted by Gasteiger charge is -2.36. The smallest absolute Gasteiger partial charge is 0.224 e. The highest BCUT2D eigenvalue weighted by molar-refractivity contribution is 7.10. The van der Waals surface area contributed by atoms with E-state index in [2.05, 4.69) is 5.32 Å². The summed E-state index contributed by atoms with van der Waals surface area (Å²) < 4.78 is 13.9. The summed E-state index contributed by atoms with van der Waals surface area (Å²) in [5, 5.41) is 4.82. The van der Waals surface area contributed by atoms with Gasteiger partial charge in [0.05, 0.1) is 6.04 Å². The standard InChI is InChI=1S/C23H21FN2O2S/c24-17-6-4-5-16(15-17)23-19-12-14-29-20(19)11-13-26(23)22(28)10-9-21(27)25-18-7-2-1-3-8-18/h1-8,12,14-15,23H,9-11,13H2,(H,25,27). The van der Waals surface area contributed by atoms with Gasteiger partial charge in [-0.25, -0.2) is 4.39 Å². The van der Waals surface area contributed by atoms with E-state index in [1.165, 1.54) is 17.0 Å². The van der Waals surface area contributed by atoms with Crippen molar-refractivity contribution in [1.82, 2.24) is 4.90 Å². The largest absolute Gasteiger partial charge is 0.331 e. The zero-order valence-electron chi connectivity index (χ0n) is 15.8. The fourth-order valence-corrected chi connectivity index (χ4v) is 4.63. The molecule has 148 valence electrons. The number of halogens is 1. The van der Waals surface area contributed by atoms with Gasteiger partial charge < -0.3 is 10.2 Å². The molecule has 6 heteroatoms. The number of thiophene rings is 1. The summed E-state index contributed by atoms with van der Waals surface area (Å²) in [5.74, 6) is -0.612. The van der Waals surface area contributed by atoms with Crippen molar-refractivity contribution in [3.8, 4) is 0 Å². The third-order valence-corrected chi connectivity index (χ3v) is 6.07. The molecule has 0 fully saturated rings. The Bertz CT molecular complexity index is 1020. The molecule has 1 atom stereocenters. The number of nitrogens with zero attached hydrogens (tertiary/aromatic N) is 1. The minimum Gasteiger partial charge on any atom is -0.331 e. The third-order valence-electron chi connectivity index (χ3n) is 5.07. The van der Waals surface area contributed by atoms with Gasteiger partial charge in [-0.2, -0.15) is 0 Å². The molecule has 1 aliphatic rings. The minimum absolute atomic E-state index is 0.0978. The SMILES string of the molecule is O=C(CCC(=O)N1CCc2sccc2C1c1cccc(F)c1)Nc1ccccc1. The van der Waals surface area contributed by atoms with E-state index < -0.39 is 0 Å². The van der Waals surface area contributed by atoms with Crippen molar-refractivity contribution in [2.45, 2.75) is 25.3 Å². The van der Waals surface area contributed by atoms with E-state index in [1.54, 1.807) is 22.3 Å². The monoisotopic (exact) mass is 408 g/mol. The number of anilines is 1. The number of hydrogen-bond donors (Lipinski definition) is 1. The zero-order chi connectivity index (χ0) is 20.2. The number of benzene rings is 2. The Kier molecular flexibility index (Phi) is 5.71. The van der Waals surface area contributed by atoms with E-state index in [0.717, 1.165) is 17.5 Å². The molecule has 1 aliphatic heterocycles. The van der Waals surface area contributed by atoms with E-state index in [4.69, 9.17) is 0 Å². The maximum absolute atomic E-state index is 13.9. The highest BCUT2D eigenvalue weighted by atomic mass is 32.1. The average molecular weight is 408 g/mol. The predicted molar refractivity (Wildman–Crippen MR) is 112 cm³/mol. The summed E-state index contributed by atoms with van der Waals surface area (Å²) in [6, 6.07) is 17.3. The Morgan fingerprint density at radius 1 is 1.07 bits per heavy atom. The molecule has 1 N–H and O–H groups in total. The van der Waals surface area contributed by atoms with Crippen molar-refractivity contribution in [1.29, 1.82) is 0 Å². The van der Waals surface area contributed by atoms with Crippen molar-refractivity contribution in [2.24, 2.45) is 0 Å². The second-order valence-electron chi connectivity index (χ2n) is 7.01. The van der Waals surface area contributed by atoms with Crippen LogP contribution in [0.1, 0.15) is 34.9 Å². The number of para-hydroxylation sites is 1. The van der Waals surface area contributed by atoms with Crippen LogP contribution >= 0.6 is 11.3 Å². The molecule has 0 radical (unpaired) electrons. The topological polar surface area (TPSA) is 49.4 Å². The lowest BCUT2D eigenvalue weighted by atomic mass is 9.92. The van der Waals surface area contributed by atoms with Gasteiger partial charge in [-0.05, 0) is 53.3 Å². The van der Waals surface area contributed by atoms with Crippen molar-refractivity contribution in [2.75, 3.05) is 11.9 Å². The van der Waals surface area contributed by atoms with Crippen molar-refractivity contribution < 1.29 is 14.0 Å². The third kappa shape index (κ3) is 4.38. The van der Waals surface area contributed by atoms with Gasteiger partial charge in [0.1, 0.15) is 5.82 Å². The number of carbonyl (C=O) groups is 2. The first-order chi connectivity index (χ1) is 14.1. The number of amides is 2. The molecule has 4 rings (SSSR count). The first-order valence-electron chi connectivity index (χ1n) is 9.58. The van der Waals surface area contributed by atoms with Crippen molar-refractivity contribution in [3.63, 3.8) is 0 Å². The number of hydrogen-bond acceptors (Lipinski definition) is 3. The quantitative estimate of drug-likeness (QED) is 0.661. The molecule has 0 spiro atoms. The van der Waals surface area contributed by atoms with E-state index in [0.29, 0.717) is 12.2 Å². The molecule has 0 aliphatic carbocycles. The van der Waals surface area contributed by atoms with Crippen LogP contribution in [-0.4, -0.2) is 23.3 Å². The maximum atomic E-state index is 13.9. The van der Waals surface area contributed by atoms with E-state index >= 15 is 0 Å². The van der Waals surface area contributed by atoms with Gasteiger partial charge in [0.25, 0.3) is 0 Å². The zero-order valence-corrected chi connectivity index (χ0v) is 16.6. The summed E-state index contributed by atoms with van der Waals surface area (Å²) >= 11 is 1.67. The summed E-state index contributed by atoms with van der Waals surface area (Å²) in [6.07, 6.45) is 1.00. The van der Waals surface area contributed by atoms with E-state index in [9.17, 15) is 14.0 Å². The van der Waals surface area contributed by atoms with Crippen LogP contribution in [0.15, 0.2) is 66.0 Å². The van der Waals surface area contributed by atoms with Gasteiger partial charge in [-0.15, -0.1) is 11.3 Å². The first kappa shape index (κ1) is 19.3. The molecule has 2 heterocycles. The second kappa shape index (κ2) is 8.57. The summed E-state index contributed by atoms with van der Waals surface area (Å²) in [4.78, 5) is 28.2.